The minimum absolute atomic E-state index is 0.138. The number of aliphatic hydroxyl groups excluding tert-OH is 1. The number of hydrogen-bond donors (Lipinski definition) is 2. The van der Waals surface area contributed by atoms with Crippen molar-refractivity contribution in [1.82, 2.24) is 14.3 Å². The van der Waals surface area contributed by atoms with E-state index in [2.05, 4.69) is 34.9 Å². The molecule has 3 heterocycles. The molecular weight excluding hydrogens is 376 g/mol. The van der Waals surface area contributed by atoms with E-state index in [-0.39, 0.29) is 23.3 Å². The number of carbonyl (C=O) groups excluding carboxylic acids is 1. The largest absolute Gasteiger partial charge is 0.391 e. The topological polar surface area (TPSA) is 83.9 Å². The van der Waals surface area contributed by atoms with Crippen LogP contribution in [0.25, 0.3) is 5.65 Å². The lowest BCUT2D eigenvalue weighted by Gasteiger charge is -2.42. The molecule has 0 radical (unpaired) electrons. The van der Waals surface area contributed by atoms with Crippen LogP contribution in [0, 0.1) is 5.92 Å². The quantitative estimate of drug-likeness (QED) is 0.702. The van der Waals surface area contributed by atoms with Gasteiger partial charge in [0.15, 0.2) is 0 Å². The summed E-state index contributed by atoms with van der Waals surface area (Å²) in [5.74, 6) is -0.0203. The molecule has 3 N–H and O–H groups in total. The first kappa shape index (κ1) is 19.3. The summed E-state index contributed by atoms with van der Waals surface area (Å²) in [5, 5.41) is 9.96. The molecule has 156 valence electrons. The van der Waals surface area contributed by atoms with Crippen LogP contribution in [-0.4, -0.2) is 50.5 Å². The zero-order chi connectivity index (χ0) is 20.7. The Morgan fingerprint density at radius 1 is 1.07 bits per heavy atom. The number of amides is 1. The summed E-state index contributed by atoms with van der Waals surface area (Å²) in [6.07, 6.45) is 6.30. The minimum Gasteiger partial charge on any atom is -0.391 e. The summed E-state index contributed by atoms with van der Waals surface area (Å²) in [5.41, 5.74) is 8.97. The number of nitrogens with zero attached hydrogens (tertiary/aromatic N) is 3. The zero-order valence-electron chi connectivity index (χ0n) is 17.0. The highest BCUT2D eigenvalue weighted by molar-refractivity contribution is 5.79. The average Bonchev–Trinajstić information content (AvgIpc) is 3.37. The van der Waals surface area contributed by atoms with Gasteiger partial charge in [-0.05, 0) is 43.4 Å². The number of carbonyl (C=O) groups is 1. The molecule has 2 fully saturated rings. The van der Waals surface area contributed by atoms with Gasteiger partial charge in [-0.25, -0.2) is 4.98 Å². The normalized spacial score (nSPS) is 26.2. The summed E-state index contributed by atoms with van der Waals surface area (Å²) in [7, 11) is 0. The number of piperidine rings is 1. The molecular formula is C24H28N4O2. The van der Waals surface area contributed by atoms with Crippen molar-refractivity contribution >= 4 is 11.6 Å². The first-order chi connectivity index (χ1) is 14.6. The van der Waals surface area contributed by atoms with Gasteiger partial charge in [0.05, 0.1) is 11.8 Å². The molecule has 2 aliphatic rings. The lowest BCUT2D eigenvalue weighted by atomic mass is 9.70. The van der Waals surface area contributed by atoms with Gasteiger partial charge in [0.2, 0.25) is 5.91 Å². The lowest BCUT2D eigenvalue weighted by molar-refractivity contribution is -0.137. The number of aromatic nitrogens is 2. The van der Waals surface area contributed by atoms with Crippen molar-refractivity contribution in [3.05, 3.63) is 72.2 Å². The third kappa shape index (κ3) is 3.20. The van der Waals surface area contributed by atoms with Crippen molar-refractivity contribution in [2.24, 2.45) is 11.7 Å². The Labute approximate surface area is 176 Å². The van der Waals surface area contributed by atoms with Crippen molar-refractivity contribution in [1.29, 1.82) is 0 Å². The molecule has 1 amide bonds. The molecule has 1 aliphatic carbocycles. The first-order valence-electron chi connectivity index (χ1n) is 10.8. The Kier molecular flexibility index (Phi) is 4.83. The molecule has 1 saturated heterocycles. The SMILES string of the molecule is N[C@@H]1C[C@H](C(=O)N2CCC(c3ccccc3)(c3cn4ccccc4n3)CC2)C[C@H]1O. The number of benzene rings is 1. The van der Waals surface area contributed by atoms with Gasteiger partial charge in [0.25, 0.3) is 0 Å². The number of nitrogens with two attached hydrogens (primary N) is 1. The van der Waals surface area contributed by atoms with E-state index in [1.807, 2.05) is 35.4 Å². The van der Waals surface area contributed by atoms with Gasteiger partial charge < -0.3 is 20.1 Å². The molecule has 5 rings (SSSR count). The summed E-state index contributed by atoms with van der Waals surface area (Å²) < 4.78 is 2.07. The van der Waals surface area contributed by atoms with Crippen molar-refractivity contribution in [3.63, 3.8) is 0 Å². The molecule has 3 atom stereocenters. The van der Waals surface area contributed by atoms with Crippen LogP contribution in [-0.2, 0) is 10.2 Å². The molecule has 2 aromatic heterocycles. The van der Waals surface area contributed by atoms with Gasteiger partial charge in [-0.2, -0.15) is 0 Å². The van der Waals surface area contributed by atoms with Crippen LogP contribution < -0.4 is 5.73 Å². The van der Waals surface area contributed by atoms with Gasteiger partial charge in [0.1, 0.15) is 5.65 Å². The number of rotatable bonds is 3. The van der Waals surface area contributed by atoms with Crippen LogP contribution >= 0.6 is 0 Å². The number of imidazole rings is 1. The van der Waals surface area contributed by atoms with E-state index in [0.29, 0.717) is 25.9 Å². The second-order valence-corrected chi connectivity index (χ2v) is 8.77. The highest BCUT2D eigenvalue weighted by Crippen LogP contribution is 2.42. The van der Waals surface area contributed by atoms with Crippen LogP contribution in [0.2, 0.25) is 0 Å². The molecule has 1 aromatic carbocycles. The van der Waals surface area contributed by atoms with Crippen LogP contribution in [0.1, 0.15) is 36.9 Å². The van der Waals surface area contributed by atoms with Crippen molar-refractivity contribution < 1.29 is 9.90 Å². The number of fused-ring (bicyclic) bond motifs is 1. The fourth-order valence-electron chi connectivity index (χ4n) is 5.23. The number of aliphatic hydroxyl groups is 1. The molecule has 0 unspecified atom stereocenters. The van der Waals surface area contributed by atoms with Crippen molar-refractivity contribution in [2.75, 3.05) is 13.1 Å². The zero-order valence-corrected chi connectivity index (χ0v) is 17.0. The maximum absolute atomic E-state index is 13.1. The number of pyridine rings is 1. The Hall–Kier alpha value is -2.70. The van der Waals surface area contributed by atoms with E-state index in [0.717, 1.165) is 24.2 Å². The summed E-state index contributed by atoms with van der Waals surface area (Å²) in [4.78, 5) is 20.0. The van der Waals surface area contributed by atoms with Crippen molar-refractivity contribution in [2.45, 2.75) is 43.2 Å². The summed E-state index contributed by atoms with van der Waals surface area (Å²) in [6.45, 7) is 1.37. The summed E-state index contributed by atoms with van der Waals surface area (Å²) in [6, 6.07) is 16.3. The van der Waals surface area contributed by atoms with Gasteiger partial charge in [-0.1, -0.05) is 36.4 Å². The third-order valence-electron chi connectivity index (χ3n) is 7.04. The fraction of sp³-hybridized carbons (Fsp3) is 0.417. The maximum atomic E-state index is 13.1. The van der Waals surface area contributed by atoms with Gasteiger partial charge in [0, 0.05) is 42.9 Å². The molecule has 6 heteroatoms. The smallest absolute Gasteiger partial charge is 0.225 e. The number of likely N-dealkylation sites (tertiary alicyclic amines) is 1. The molecule has 6 nitrogen and oxygen atoms in total. The summed E-state index contributed by atoms with van der Waals surface area (Å²) >= 11 is 0. The maximum Gasteiger partial charge on any atom is 0.225 e. The molecule has 0 bridgehead atoms. The van der Waals surface area contributed by atoms with Crippen molar-refractivity contribution in [3.8, 4) is 0 Å². The second kappa shape index (κ2) is 7.52. The number of hydrogen-bond acceptors (Lipinski definition) is 4. The predicted molar refractivity (Wildman–Crippen MR) is 115 cm³/mol. The molecule has 0 spiro atoms. The van der Waals surface area contributed by atoms with Gasteiger partial charge in [-0.15, -0.1) is 0 Å². The van der Waals surface area contributed by atoms with E-state index in [1.165, 1.54) is 5.56 Å². The Morgan fingerprint density at radius 3 is 2.47 bits per heavy atom. The molecule has 1 aliphatic heterocycles. The molecule has 30 heavy (non-hydrogen) atoms. The highest BCUT2D eigenvalue weighted by atomic mass is 16.3. The van der Waals surface area contributed by atoms with Crippen LogP contribution in [0.5, 0.6) is 0 Å². The van der Waals surface area contributed by atoms with Crippen LogP contribution in [0.3, 0.4) is 0 Å². The molecule has 1 saturated carbocycles. The second-order valence-electron chi connectivity index (χ2n) is 8.77. The van der Waals surface area contributed by atoms with Crippen LogP contribution in [0.4, 0.5) is 0 Å². The Bertz CT molecular complexity index is 997. The van der Waals surface area contributed by atoms with E-state index in [9.17, 15) is 9.90 Å². The van der Waals surface area contributed by atoms with E-state index in [4.69, 9.17) is 10.7 Å². The first-order valence-corrected chi connectivity index (χ1v) is 10.8. The molecule has 3 aromatic rings. The van der Waals surface area contributed by atoms with Gasteiger partial charge >= 0.3 is 0 Å². The Balaban J connectivity index is 1.43. The van der Waals surface area contributed by atoms with Crippen LogP contribution in [0.15, 0.2) is 60.9 Å². The average molecular weight is 405 g/mol. The third-order valence-corrected chi connectivity index (χ3v) is 7.04. The van der Waals surface area contributed by atoms with E-state index < -0.39 is 6.10 Å². The standard InChI is InChI=1S/C24H28N4O2/c25-19-14-17(15-20(19)29)23(30)27-12-9-24(10-13-27,18-6-2-1-3-7-18)21-16-28-11-5-4-8-22(28)26-21/h1-8,11,16-17,19-20,29H,9-10,12-15,25H2/t17-,19+,20+/m0/s1. The monoisotopic (exact) mass is 404 g/mol. The predicted octanol–water partition coefficient (Wildman–Crippen LogP) is 2.34. The van der Waals surface area contributed by atoms with E-state index >= 15 is 0 Å². The van der Waals surface area contributed by atoms with E-state index in [1.54, 1.807) is 0 Å². The fourth-order valence-corrected chi connectivity index (χ4v) is 5.23. The highest BCUT2D eigenvalue weighted by Gasteiger charge is 2.43. The Morgan fingerprint density at radius 2 is 1.80 bits per heavy atom. The minimum atomic E-state index is -0.565. The van der Waals surface area contributed by atoms with Gasteiger partial charge in [-0.3, -0.25) is 4.79 Å². The lowest BCUT2D eigenvalue weighted by Crippen LogP contribution is -2.47.